The molecular weight excluding hydrogens is 485 g/mol. The molecule has 0 aliphatic carbocycles. The number of carboxylic acids is 1. The van der Waals surface area contributed by atoms with Gasteiger partial charge in [-0.3, -0.25) is 14.3 Å². The van der Waals surface area contributed by atoms with Gasteiger partial charge < -0.3 is 10.1 Å². The number of carboxylic acid groups (broad SMARTS) is 1. The molecule has 9 heteroatoms. The highest BCUT2D eigenvalue weighted by molar-refractivity contribution is 6.16. The van der Waals surface area contributed by atoms with Crippen LogP contribution in [0.4, 0.5) is 4.39 Å². The Balaban J connectivity index is 1.66. The van der Waals surface area contributed by atoms with Crippen LogP contribution in [0.1, 0.15) is 27.2 Å². The molecule has 0 atom stereocenters. The Morgan fingerprint density at radius 2 is 1.89 bits per heavy atom. The van der Waals surface area contributed by atoms with Crippen LogP contribution in [0.5, 0.6) is 0 Å². The lowest BCUT2D eigenvalue weighted by Crippen LogP contribution is -2.20. The minimum absolute atomic E-state index is 0.00757. The Bertz CT molecular complexity index is 2090. The number of nitrogens with one attached hydrogen (secondary N) is 1. The number of aromatic amines is 1. The van der Waals surface area contributed by atoms with Crippen molar-refractivity contribution in [3.8, 4) is 23.0 Å². The van der Waals surface area contributed by atoms with Gasteiger partial charge in [-0.25, -0.2) is 14.2 Å². The van der Waals surface area contributed by atoms with Gasteiger partial charge in [-0.15, -0.1) is 0 Å². The molecule has 0 bridgehead atoms. The molecule has 6 aromatic rings. The van der Waals surface area contributed by atoms with E-state index in [4.69, 9.17) is 4.98 Å². The quantitative estimate of drug-likeness (QED) is 0.333. The summed E-state index contributed by atoms with van der Waals surface area (Å²) in [5, 5.41) is 20.9. The predicted molar refractivity (Wildman–Crippen MR) is 141 cm³/mol. The first-order valence-corrected chi connectivity index (χ1v) is 11.7. The van der Waals surface area contributed by atoms with E-state index >= 15 is 0 Å². The van der Waals surface area contributed by atoms with Crippen LogP contribution in [0.25, 0.3) is 49.7 Å². The molecule has 0 amide bonds. The third kappa shape index (κ3) is 3.28. The van der Waals surface area contributed by atoms with Crippen LogP contribution in [-0.2, 0) is 0 Å². The maximum absolute atomic E-state index is 14.2. The van der Waals surface area contributed by atoms with E-state index in [9.17, 15) is 24.3 Å². The summed E-state index contributed by atoms with van der Waals surface area (Å²) in [5.74, 6) is -1.62. The molecular formula is C29H18FN5O3. The number of halogens is 1. The number of fused-ring (bicyclic) bond motifs is 4. The molecule has 3 aromatic heterocycles. The van der Waals surface area contributed by atoms with E-state index in [-0.39, 0.29) is 16.5 Å². The molecule has 3 heterocycles. The molecule has 2 N–H and O–H groups in total. The van der Waals surface area contributed by atoms with Crippen LogP contribution in [0.3, 0.4) is 0 Å². The lowest BCUT2D eigenvalue weighted by molar-refractivity contribution is 0.0697. The van der Waals surface area contributed by atoms with E-state index < -0.39 is 17.3 Å². The zero-order valence-electron chi connectivity index (χ0n) is 20.2. The van der Waals surface area contributed by atoms with E-state index in [1.807, 2.05) is 13.0 Å². The SMILES string of the molecule is Cc1nc(-c2cccc(-n3cnc4c(F)cccc4c3=O)c2C)c2c([nH]c3cc(C(=O)O)ccc32)c1C#N. The van der Waals surface area contributed by atoms with Gasteiger partial charge in [-0.05, 0) is 49.7 Å². The lowest BCUT2D eigenvalue weighted by Gasteiger charge is -2.15. The normalized spacial score (nSPS) is 11.3. The lowest BCUT2D eigenvalue weighted by atomic mass is 9.97. The van der Waals surface area contributed by atoms with Crippen molar-refractivity contribution in [1.82, 2.24) is 19.5 Å². The van der Waals surface area contributed by atoms with Crippen LogP contribution in [0.15, 0.2) is 65.7 Å². The predicted octanol–water partition coefficient (Wildman–Crippen LogP) is 5.41. The molecule has 38 heavy (non-hydrogen) atoms. The second-order valence-corrected chi connectivity index (χ2v) is 8.98. The van der Waals surface area contributed by atoms with Crippen LogP contribution in [0.2, 0.25) is 0 Å². The zero-order chi connectivity index (χ0) is 26.7. The van der Waals surface area contributed by atoms with E-state index in [0.717, 1.165) is 11.1 Å². The van der Waals surface area contributed by atoms with E-state index in [2.05, 4.69) is 16.0 Å². The molecule has 0 aliphatic heterocycles. The Kier molecular flexibility index (Phi) is 5.07. The number of aromatic carboxylic acids is 1. The average Bonchev–Trinajstić information content (AvgIpc) is 3.28. The summed E-state index contributed by atoms with van der Waals surface area (Å²) in [6.07, 6.45) is 1.31. The van der Waals surface area contributed by atoms with Crippen molar-refractivity contribution in [1.29, 1.82) is 5.26 Å². The number of rotatable bonds is 3. The topological polar surface area (TPSA) is 125 Å². The Labute approximate surface area is 214 Å². The van der Waals surface area contributed by atoms with Crippen LogP contribution >= 0.6 is 0 Å². The summed E-state index contributed by atoms with van der Waals surface area (Å²) >= 11 is 0. The number of aryl methyl sites for hydroxylation is 1. The fourth-order valence-electron chi connectivity index (χ4n) is 4.99. The fraction of sp³-hybridized carbons (Fsp3) is 0.0690. The van der Waals surface area contributed by atoms with Crippen LogP contribution in [0, 0.1) is 31.0 Å². The minimum atomic E-state index is -1.06. The summed E-state index contributed by atoms with van der Waals surface area (Å²) in [5.41, 5.74) is 4.28. The number of H-pyrrole nitrogens is 1. The monoisotopic (exact) mass is 503 g/mol. The zero-order valence-corrected chi connectivity index (χ0v) is 20.2. The highest BCUT2D eigenvalue weighted by Gasteiger charge is 2.21. The van der Waals surface area contributed by atoms with Gasteiger partial charge in [-0.2, -0.15) is 5.26 Å². The molecule has 184 valence electrons. The Hall–Kier alpha value is -5.36. The standard InChI is InChI=1S/C29H18FN5O3/c1-14-17(5-4-8-23(14)35-13-32-25-19(28(35)36)6-3-7-21(25)30)26-24-18-10-9-16(29(37)38)11-22(18)34-27(24)20(12-31)15(2)33-26/h3-11,13,34H,1-2H3,(H,37,38). The number of aromatic nitrogens is 4. The van der Waals surface area contributed by atoms with Crippen molar-refractivity contribution < 1.29 is 14.3 Å². The van der Waals surface area contributed by atoms with Crippen molar-refractivity contribution >= 4 is 38.7 Å². The first kappa shape index (κ1) is 23.1. The summed E-state index contributed by atoms with van der Waals surface area (Å²) < 4.78 is 15.6. The third-order valence-corrected chi connectivity index (χ3v) is 6.84. The maximum Gasteiger partial charge on any atom is 0.335 e. The second-order valence-electron chi connectivity index (χ2n) is 8.98. The smallest absolute Gasteiger partial charge is 0.335 e. The molecule has 0 saturated carbocycles. The van der Waals surface area contributed by atoms with Gasteiger partial charge >= 0.3 is 5.97 Å². The highest BCUT2D eigenvalue weighted by Crippen LogP contribution is 2.38. The van der Waals surface area contributed by atoms with E-state index in [1.54, 1.807) is 25.1 Å². The second kappa shape index (κ2) is 8.35. The third-order valence-electron chi connectivity index (χ3n) is 6.84. The van der Waals surface area contributed by atoms with Gasteiger partial charge in [0.2, 0.25) is 0 Å². The first-order chi connectivity index (χ1) is 18.3. The van der Waals surface area contributed by atoms with Gasteiger partial charge in [0.1, 0.15) is 23.7 Å². The number of carbonyl (C=O) groups is 1. The number of nitrogens with zero attached hydrogens (tertiary/aromatic N) is 4. The number of hydrogen-bond donors (Lipinski definition) is 2. The van der Waals surface area contributed by atoms with Crippen molar-refractivity contribution in [2.75, 3.05) is 0 Å². The molecule has 0 radical (unpaired) electrons. The molecule has 6 rings (SSSR count). The summed E-state index contributed by atoms with van der Waals surface area (Å²) in [6.45, 7) is 3.59. The van der Waals surface area contributed by atoms with E-state index in [0.29, 0.717) is 44.4 Å². The summed E-state index contributed by atoms with van der Waals surface area (Å²) in [7, 11) is 0. The average molecular weight is 503 g/mol. The molecule has 0 spiro atoms. The summed E-state index contributed by atoms with van der Waals surface area (Å²) in [4.78, 5) is 37.0. The highest BCUT2D eigenvalue weighted by atomic mass is 19.1. The van der Waals surface area contributed by atoms with Crippen molar-refractivity contribution in [2.45, 2.75) is 13.8 Å². The Morgan fingerprint density at radius 1 is 1.11 bits per heavy atom. The number of hydrogen-bond acceptors (Lipinski definition) is 5. The first-order valence-electron chi connectivity index (χ1n) is 11.7. The van der Waals surface area contributed by atoms with Gasteiger partial charge in [0.05, 0.1) is 39.1 Å². The van der Waals surface area contributed by atoms with Crippen molar-refractivity contribution in [3.63, 3.8) is 0 Å². The molecule has 0 fully saturated rings. The van der Waals surface area contributed by atoms with Gasteiger partial charge in [0.15, 0.2) is 0 Å². The molecule has 3 aromatic carbocycles. The van der Waals surface area contributed by atoms with Gasteiger partial charge in [0, 0.05) is 21.9 Å². The van der Waals surface area contributed by atoms with Crippen LogP contribution in [-0.4, -0.2) is 30.6 Å². The minimum Gasteiger partial charge on any atom is -0.478 e. The largest absolute Gasteiger partial charge is 0.478 e. The number of benzene rings is 3. The van der Waals surface area contributed by atoms with Gasteiger partial charge in [-0.1, -0.05) is 24.3 Å². The van der Waals surface area contributed by atoms with E-state index in [1.165, 1.54) is 41.2 Å². The number of nitriles is 1. The molecule has 0 aliphatic rings. The molecule has 0 saturated heterocycles. The fourth-order valence-corrected chi connectivity index (χ4v) is 4.99. The van der Waals surface area contributed by atoms with Crippen LogP contribution < -0.4 is 5.56 Å². The summed E-state index contributed by atoms with van der Waals surface area (Å²) in [6, 6.07) is 16.6. The number of para-hydroxylation sites is 1. The molecule has 8 nitrogen and oxygen atoms in total. The van der Waals surface area contributed by atoms with Crippen molar-refractivity contribution in [2.24, 2.45) is 0 Å². The van der Waals surface area contributed by atoms with Gasteiger partial charge in [0.25, 0.3) is 5.56 Å². The van der Waals surface area contributed by atoms with Crippen molar-refractivity contribution in [3.05, 3.63) is 99.5 Å². The Morgan fingerprint density at radius 3 is 2.66 bits per heavy atom. The number of pyridine rings is 1. The maximum atomic E-state index is 14.2. The molecule has 0 unspecified atom stereocenters.